The van der Waals surface area contributed by atoms with Crippen LogP contribution in [0.1, 0.15) is 69.9 Å². The molecule has 0 aliphatic heterocycles. The van der Waals surface area contributed by atoms with Crippen molar-refractivity contribution >= 4 is 11.8 Å². The summed E-state index contributed by atoms with van der Waals surface area (Å²) in [6, 6.07) is 13.2. The molecule has 6 heteroatoms. The lowest BCUT2D eigenvalue weighted by molar-refractivity contribution is -0.142. The molecule has 2 amide bonds. The molecule has 1 aliphatic rings. The van der Waals surface area contributed by atoms with Crippen LogP contribution in [-0.4, -0.2) is 35.4 Å². The second kappa shape index (κ2) is 11.8. The first-order valence-corrected chi connectivity index (χ1v) is 11.9. The van der Waals surface area contributed by atoms with Gasteiger partial charge in [-0.1, -0.05) is 57.4 Å². The average molecular weight is 455 g/mol. The third kappa shape index (κ3) is 7.31. The average Bonchev–Trinajstić information content (AvgIpc) is 2.82. The van der Waals surface area contributed by atoms with Gasteiger partial charge in [0.1, 0.15) is 17.6 Å². The Morgan fingerprint density at radius 3 is 2.24 bits per heavy atom. The number of rotatable bonds is 9. The number of nitrogens with one attached hydrogen (secondary N) is 1. The number of halogens is 1. The first-order chi connectivity index (χ1) is 15.8. The minimum atomic E-state index is -0.670. The van der Waals surface area contributed by atoms with E-state index in [0.717, 1.165) is 31.2 Å². The lowest BCUT2D eigenvalue weighted by atomic mass is 9.95. The molecule has 0 unspecified atom stereocenters. The smallest absolute Gasteiger partial charge is 0.261 e. The van der Waals surface area contributed by atoms with Crippen LogP contribution >= 0.6 is 0 Å². The maximum atomic E-state index is 13.4. The van der Waals surface area contributed by atoms with Gasteiger partial charge in [0.05, 0.1) is 0 Å². The topological polar surface area (TPSA) is 58.6 Å². The van der Waals surface area contributed by atoms with Gasteiger partial charge in [-0.3, -0.25) is 9.59 Å². The number of hydrogen-bond donors (Lipinski definition) is 1. The molecule has 1 N–H and O–H groups in total. The van der Waals surface area contributed by atoms with E-state index in [0.29, 0.717) is 11.7 Å². The van der Waals surface area contributed by atoms with Gasteiger partial charge in [-0.05, 0) is 61.1 Å². The van der Waals surface area contributed by atoms with E-state index in [1.165, 1.54) is 29.0 Å². The first-order valence-electron chi connectivity index (χ1n) is 11.9. The number of amides is 2. The SMILES string of the molecule is CC(C)c1ccc(OCC(=O)N(Cc2ccc(F)cc2)[C@H](C)C(=O)NC2CCCCC2)cc1. The Bertz CT molecular complexity index is 906. The van der Waals surface area contributed by atoms with Crippen molar-refractivity contribution in [3.8, 4) is 5.75 Å². The molecule has 33 heavy (non-hydrogen) atoms. The van der Waals surface area contributed by atoms with Crippen LogP contribution in [0.25, 0.3) is 0 Å². The Labute approximate surface area is 196 Å². The van der Waals surface area contributed by atoms with Gasteiger partial charge < -0.3 is 15.0 Å². The Balaban J connectivity index is 1.68. The summed E-state index contributed by atoms with van der Waals surface area (Å²) in [6.07, 6.45) is 5.37. The van der Waals surface area contributed by atoms with E-state index in [1.807, 2.05) is 24.3 Å². The monoisotopic (exact) mass is 454 g/mol. The molecule has 0 spiro atoms. The molecule has 1 atom stereocenters. The number of carbonyl (C=O) groups excluding carboxylic acids is 2. The van der Waals surface area contributed by atoms with Gasteiger partial charge in [0, 0.05) is 12.6 Å². The highest BCUT2D eigenvalue weighted by molar-refractivity contribution is 5.88. The number of nitrogens with zero attached hydrogens (tertiary/aromatic N) is 1. The molecule has 1 saturated carbocycles. The van der Waals surface area contributed by atoms with Crippen molar-refractivity contribution in [3.63, 3.8) is 0 Å². The zero-order valence-electron chi connectivity index (χ0n) is 19.9. The fourth-order valence-electron chi connectivity index (χ4n) is 4.11. The Kier molecular flexibility index (Phi) is 8.87. The Morgan fingerprint density at radius 1 is 1.00 bits per heavy atom. The minimum absolute atomic E-state index is 0.159. The molecule has 1 fully saturated rings. The molecular formula is C27H35FN2O3. The zero-order chi connectivity index (χ0) is 23.8. The Hall–Kier alpha value is -2.89. The van der Waals surface area contributed by atoms with Crippen molar-refractivity contribution < 1.29 is 18.7 Å². The molecule has 0 saturated heterocycles. The van der Waals surface area contributed by atoms with Crippen LogP contribution in [0, 0.1) is 5.82 Å². The van der Waals surface area contributed by atoms with Crippen molar-refractivity contribution in [1.29, 1.82) is 0 Å². The predicted molar refractivity (Wildman–Crippen MR) is 127 cm³/mol. The van der Waals surface area contributed by atoms with Gasteiger partial charge in [0.25, 0.3) is 5.91 Å². The molecular weight excluding hydrogens is 419 g/mol. The maximum absolute atomic E-state index is 13.4. The lowest BCUT2D eigenvalue weighted by Gasteiger charge is -2.31. The van der Waals surface area contributed by atoms with E-state index >= 15 is 0 Å². The van der Waals surface area contributed by atoms with Crippen molar-refractivity contribution in [3.05, 3.63) is 65.5 Å². The summed E-state index contributed by atoms with van der Waals surface area (Å²) in [5, 5.41) is 3.11. The van der Waals surface area contributed by atoms with Crippen LogP contribution in [-0.2, 0) is 16.1 Å². The number of benzene rings is 2. The summed E-state index contributed by atoms with van der Waals surface area (Å²) in [5.41, 5.74) is 1.95. The zero-order valence-corrected chi connectivity index (χ0v) is 19.9. The summed E-state index contributed by atoms with van der Waals surface area (Å²) < 4.78 is 19.1. The highest BCUT2D eigenvalue weighted by Crippen LogP contribution is 2.20. The maximum Gasteiger partial charge on any atom is 0.261 e. The summed E-state index contributed by atoms with van der Waals surface area (Å²) in [7, 11) is 0. The third-order valence-electron chi connectivity index (χ3n) is 6.29. The van der Waals surface area contributed by atoms with Gasteiger partial charge in [-0.25, -0.2) is 4.39 Å². The van der Waals surface area contributed by atoms with Gasteiger partial charge in [0.2, 0.25) is 5.91 Å². The van der Waals surface area contributed by atoms with Crippen molar-refractivity contribution in [2.45, 2.75) is 77.4 Å². The predicted octanol–water partition coefficient (Wildman–Crippen LogP) is 5.19. The molecule has 0 aromatic heterocycles. The fourth-order valence-corrected chi connectivity index (χ4v) is 4.11. The van der Waals surface area contributed by atoms with Crippen LogP contribution in [0.3, 0.4) is 0 Å². The molecule has 178 valence electrons. The summed E-state index contributed by atoms with van der Waals surface area (Å²) in [6.45, 7) is 5.99. The summed E-state index contributed by atoms with van der Waals surface area (Å²) in [4.78, 5) is 27.6. The molecule has 0 radical (unpaired) electrons. The highest BCUT2D eigenvalue weighted by Gasteiger charge is 2.28. The molecule has 1 aliphatic carbocycles. The van der Waals surface area contributed by atoms with E-state index in [1.54, 1.807) is 19.1 Å². The van der Waals surface area contributed by atoms with E-state index in [4.69, 9.17) is 4.74 Å². The van der Waals surface area contributed by atoms with E-state index in [-0.39, 0.29) is 36.8 Å². The van der Waals surface area contributed by atoms with E-state index in [2.05, 4.69) is 19.2 Å². The minimum Gasteiger partial charge on any atom is -0.484 e. The third-order valence-corrected chi connectivity index (χ3v) is 6.29. The Morgan fingerprint density at radius 2 is 1.64 bits per heavy atom. The summed E-state index contributed by atoms with van der Waals surface area (Å²) >= 11 is 0. The molecule has 3 rings (SSSR count). The second-order valence-electron chi connectivity index (χ2n) is 9.18. The molecule has 2 aromatic rings. The standard InChI is InChI=1S/C27H35FN2O3/c1-19(2)22-11-15-25(16-12-22)33-18-26(31)30(17-21-9-13-23(28)14-10-21)20(3)27(32)29-24-7-5-4-6-8-24/h9-16,19-20,24H,4-8,17-18H2,1-3H3,(H,29,32)/t20-/m1/s1. The normalized spacial score (nSPS) is 15.2. The molecule has 0 heterocycles. The van der Waals surface area contributed by atoms with Crippen LogP contribution < -0.4 is 10.1 Å². The van der Waals surface area contributed by atoms with Crippen LogP contribution in [0.2, 0.25) is 0 Å². The number of ether oxygens (including phenoxy) is 1. The summed E-state index contributed by atoms with van der Waals surface area (Å²) in [5.74, 6) is 0.217. The van der Waals surface area contributed by atoms with E-state index in [9.17, 15) is 14.0 Å². The number of hydrogen-bond acceptors (Lipinski definition) is 3. The van der Waals surface area contributed by atoms with E-state index < -0.39 is 6.04 Å². The molecule has 0 bridgehead atoms. The van der Waals surface area contributed by atoms with Crippen molar-refractivity contribution in [1.82, 2.24) is 10.2 Å². The largest absolute Gasteiger partial charge is 0.484 e. The molecule has 5 nitrogen and oxygen atoms in total. The number of carbonyl (C=O) groups is 2. The lowest BCUT2D eigenvalue weighted by Crippen LogP contribution is -2.51. The van der Waals surface area contributed by atoms with Gasteiger partial charge in [-0.2, -0.15) is 0 Å². The van der Waals surface area contributed by atoms with Crippen molar-refractivity contribution in [2.24, 2.45) is 0 Å². The highest BCUT2D eigenvalue weighted by atomic mass is 19.1. The van der Waals surface area contributed by atoms with Gasteiger partial charge in [0.15, 0.2) is 6.61 Å². The quantitative estimate of drug-likeness (QED) is 0.567. The van der Waals surface area contributed by atoms with Gasteiger partial charge in [-0.15, -0.1) is 0 Å². The van der Waals surface area contributed by atoms with Crippen molar-refractivity contribution in [2.75, 3.05) is 6.61 Å². The first kappa shape index (κ1) is 24.7. The van der Waals surface area contributed by atoms with Crippen LogP contribution in [0.4, 0.5) is 4.39 Å². The van der Waals surface area contributed by atoms with Gasteiger partial charge >= 0.3 is 0 Å². The molecule has 2 aromatic carbocycles. The van der Waals surface area contributed by atoms with Crippen LogP contribution in [0.5, 0.6) is 5.75 Å². The van der Waals surface area contributed by atoms with Crippen LogP contribution in [0.15, 0.2) is 48.5 Å². The second-order valence-corrected chi connectivity index (χ2v) is 9.18. The fraction of sp³-hybridized carbons (Fsp3) is 0.481.